The van der Waals surface area contributed by atoms with Crippen LogP contribution in [0.3, 0.4) is 0 Å². The normalized spacial score (nSPS) is 18.1. The van der Waals surface area contributed by atoms with E-state index in [-0.39, 0.29) is 29.0 Å². The minimum atomic E-state index is -3.69. The van der Waals surface area contributed by atoms with E-state index in [0.717, 1.165) is 19.3 Å². The molecule has 2 amide bonds. The average Bonchev–Trinajstić information content (AvgIpc) is 3.29. The lowest BCUT2D eigenvalue weighted by atomic mass is 10.3. The van der Waals surface area contributed by atoms with Crippen molar-refractivity contribution in [1.29, 1.82) is 0 Å². The van der Waals surface area contributed by atoms with Crippen molar-refractivity contribution in [3.63, 3.8) is 0 Å². The molecule has 2 aliphatic heterocycles. The molecule has 1 aromatic carbocycles. The minimum Gasteiger partial charge on any atom is -0.492 e. The van der Waals surface area contributed by atoms with E-state index in [1.54, 1.807) is 19.1 Å². The van der Waals surface area contributed by atoms with Gasteiger partial charge in [-0.3, -0.25) is 9.59 Å². The van der Waals surface area contributed by atoms with Gasteiger partial charge in [0.05, 0.1) is 13.2 Å². The fraction of sp³-hybridized carbons (Fsp3) is 0.556. The van der Waals surface area contributed by atoms with Gasteiger partial charge in [-0.25, -0.2) is 8.42 Å². The van der Waals surface area contributed by atoms with E-state index < -0.39 is 10.0 Å². The van der Waals surface area contributed by atoms with E-state index in [4.69, 9.17) is 4.74 Å². The minimum absolute atomic E-state index is 0.0275. The Hall–Kier alpha value is -2.13. The van der Waals surface area contributed by atoms with Crippen molar-refractivity contribution < 1.29 is 22.7 Å². The van der Waals surface area contributed by atoms with Crippen LogP contribution in [0.5, 0.6) is 5.75 Å². The molecule has 0 atom stereocenters. The maximum Gasteiger partial charge on any atom is 0.246 e. The Morgan fingerprint density at radius 1 is 1.19 bits per heavy atom. The number of nitrogens with one attached hydrogen (secondary N) is 1. The van der Waals surface area contributed by atoms with E-state index >= 15 is 0 Å². The van der Waals surface area contributed by atoms with Crippen LogP contribution in [0.4, 0.5) is 5.69 Å². The lowest BCUT2D eigenvalue weighted by Crippen LogP contribution is -2.34. The summed E-state index contributed by atoms with van der Waals surface area (Å²) in [5.41, 5.74) is 0.368. The topological polar surface area (TPSA) is 96.0 Å². The third kappa shape index (κ3) is 4.41. The number of nitrogens with zero attached hydrogens (tertiary/aromatic N) is 2. The van der Waals surface area contributed by atoms with Crippen LogP contribution in [0.25, 0.3) is 0 Å². The standard InChI is InChI=1S/C18H25N3O5S/c1-2-26-15-8-7-14(19-17(22)13-20-9-5-6-18(20)23)12-16(15)27(24,25)21-10-3-4-11-21/h7-8,12H,2-6,9-11,13H2,1H3,(H,19,22). The second-order valence-corrected chi connectivity index (χ2v) is 8.58. The van der Waals surface area contributed by atoms with Gasteiger partial charge in [-0.1, -0.05) is 0 Å². The zero-order valence-electron chi connectivity index (χ0n) is 15.4. The molecular formula is C18H25N3O5S. The van der Waals surface area contributed by atoms with Gasteiger partial charge in [0.2, 0.25) is 21.8 Å². The molecule has 3 rings (SSSR count). The predicted octanol–water partition coefficient (Wildman–Crippen LogP) is 1.43. The maximum atomic E-state index is 13.0. The summed E-state index contributed by atoms with van der Waals surface area (Å²) in [6, 6.07) is 4.60. The highest BCUT2D eigenvalue weighted by molar-refractivity contribution is 7.89. The molecule has 0 saturated carbocycles. The molecule has 0 radical (unpaired) electrons. The Morgan fingerprint density at radius 3 is 2.56 bits per heavy atom. The van der Waals surface area contributed by atoms with Crippen molar-refractivity contribution in [3.8, 4) is 5.75 Å². The first-order chi connectivity index (χ1) is 12.9. The first-order valence-corrected chi connectivity index (χ1v) is 10.7. The number of carbonyl (C=O) groups excluding carboxylic acids is 2. The second-order valence-electron chi connectivity index (χ2n) is 6.67. The molecule has 0 spiro atoms. The molecule has 0 bridgehead atoms. The van der Waals surface area contributed by atoms with Crippen molar-refractivity contribution in [3.05, 3.63) is 18.2 Å². The van der Waals surface area contributed by atoms with Crippen LogP contribution in [0.15, 0.2) is 23.1 Å². The van der Waals surface area contributed by atoms with Gasteiger partial charge in [-0.15, -0.1) is 0 Å². The first-order valence-electron chi connectivity index (χ1n) is 9.26. The van der Waals surface area contributed by atoms with Gasteiger partial charge in [0, 0.05) is 31.7 Å². The summed E-state index contributed by atoms with van der Waals surface area (Å²) in [5.74, 6) is -0.106. The summed E-state index contributed by atoms with van der Waals surface area (Å²) >= 11 is 0. The third-order valence-electron chi connectivity index (χ3n) is 4.72. The zero-order valence-corrected chi connectivity index (χ0v) is 16.3. The van der Waals surface area contributed by atoms with Gasteiger partial charge in [0.25, 0.3) is 0 Å². The maximum absolute atomic E-state index is 13.0. The fourth-order valence-corrected chi connectivity index (χ4v) is 5.05. The number of amides is 2. The molecule has 9 heteroatoms. The number of ether oxygens (including phenoxy) is 1. The van der Waals surface area contributed by atoms with E-state index in [1.807, 2.05) is 0 Å². The molecular weight excluding hydrogens is 370 g/mol. The van der Waals surface area contributed by atoms with Crippen molar-refractivity contribution in [2.75, 3.05) is 38.1 Å². The van der Waals surface area contributed by atoms with Gasteiger partial charge in [-0.05, 0) is 44.4 Å². The second kappa shape index (κ2) is 8.26. The Labute approximate surface area is 159 Å². The van der Waals surface area contributed by atoms with Crippen LogP contribution in [0, 0.1) is 0 Å². The molecule has 2 saturated heterocycles. The van der Waals surface area contributed by atoms with Crippen molar-refractivity contribution in [2.24, 2.45) is 0 Å². The molecule has 2 aliphatic rings. The summed E-state index contributed by atoms with van der Waals surface area (Å²) in [6.45, 7) is 3.65. The van der Waals surface area contributed by atoms with Crippen LogP contribution in [-0.2, 0) is 19.6 Å². The van der Waals surface area contributed by atoms with E-state index in [1.165, 1.54) is 15.3 Å². The van der Waals surface area contributed by atoms with Gasteiger partial charge in [-0.2, -0.15) is 4.31 Å². The highest BCUT2D eigenvalue weighted by Gasteiger charge is 2.30. The highest BCUT2D eigenvalue weighted by Crippen LogP contribution is 2.31. The van der Waals surface area contributed by atoms with Crippen LogP contribution < -0.4 is 10.1 Å². The summed E-state index contributed by atoms with van der Waals surface area (Å²) in [5, 5.41) is 2.69. The number of anilines is 1. The van der Waals surface area contributed by atoms with Crippen LogP contribution >= 0.6 is 0 Å². The molecule has 27 heavy (non-hydrogen) atoms. The molecule has 0 aliphatic carbocycles. The Bertz CT molecular complexity index is 818. The molecule has 2 fully saturated rings. The predicted molar refractivity (Wildman–Crippen MR) is 100 cm³/mol. The van der Waals surface area contributed by atoms with E-state index in [0.29, 0.717) is 38.3 Å². The number of benzene rings is 1. The number of carbonyl (C=O) groups is 2. The molecule has 2 heterocycles. The van der Waals surface area contributed by atoms with Gasteiger partial charge < -0.3 is 15.0 Å². The van der Waals surface area contributed by atoms with Gasteiger partial charge in [0.1, 0.15) is 10.6 Å². The van der Waals surface area contributed by atoms with Crippen molar-refractivity contribution in [1.82, 2.24) is 9.21 Å². The number of rotatable bonds is 7. The quantitative estimate of drug-likeness (QED) is 0.753. The molecule has 148 valence electrons. The zero-order chi connectivity index (χ0) is 19.4. The van der Waals surface area contributed by atoms with E-state index in [2.05, 4.69) is 5.32 Å². The van der Waals surface area contributed by atoms with E-state index in [9.17, 15) is 18.0 Å². The fourth-order valence-electron chi connectivity index (χ4n) is 3.37. The molecule has 0 aromatic heterocycles. The average molecular weight is 395 g/mol. The lowest BCUT2D eigenvalue weighted by molar-refractivity contribution is -0.131. The van der Waals surface area contributed by atoms with Crippen LogP contribution in [0.2, 0.25) is 0 Å². The summed E-state index contributed by atoms with van der Waals surface area (Å²) in [6.07, 6.45) is 2.90. The summed E-state index contributed by atoms with van der Waals surface area (Å²) in [7, 11) is -3.69. The Kier molecular flexibility index (Phi) is 6.01. The Balaban J connectivity index is 1.80. The van der Waals surface area contributed by atoms with Gasteiger partial charge >= 0.3 is 0 Å². The molecule has 1 N–H and O–H groups in total. The summed E-state index contributed by atoms with van der Waals surface area (Å²) < 4.78 is 32.9. The lowest BCUT2D eigenvalue weighted by Gasteiger charge is -2.19. The number of hydrogen-bond donors (Lipinski definition) is 1. The van der Waals surface area contributed by atoms with Crippen molar-refractivity contribution in [2.45, 2.75) is 37.5 Å². The van der Waals surface area contributed by atoms with Crippen LogP contribution in [0.1, 0.15) is 32.6 Å². The highest BCUT2D eigenvalue weighted by atomic mass is 32.2. The number of sulfonamides is 1. The SMILES string of the molecule is CCOc1ccc(NC(=O)CN2CCCC2=O)cc1S(=O)(=O)N1CCCC1. The molecule has 8 nitrogen and oxygen atoms in total. The smallest absolute Gasteiger partial charge is 0.246 e. The largest absolute Gasteiger partial charge is 0.492 e. The first kappa shape index (κ1) is 19.6. The molecule has 0 unspecified atom stereocenters. The number of likely N-dealkylation sites (tertiary alicyclic amines) is 1. The third-order valence-corrected chi connectivity index (χ3v) is 6.64. The monoisotopic (exact) mass is 395 g/mol. The number of hydrogen-bond acceptors (Lipinski definition) is 5. The van der Waals surface area contributed by atoms with Crippen LogP contribution in [-0.4, -0.2) is 62.2 Å². The van der Waals surface area contributed by atoms with Crippen molar-refractivity contribution >= 4 is 27.5 Å². The van der Waals surface area contributed by atoms with Gasteiger partial charge in [0.15, 0.2) is 0 Å². The Morgan fingerprint density at radius 2 is 1.93 bits per heavy atom. The summed E-state index contributed by atoms with van der Waals surface area (Å²) in [4.78, 5) is 25.5. The molecule has 1 aromatic rings.